The van der Waals surface area contributed by atoms with Crippen molar-refractivity contribution in [1.82, 2.24) is 9.97 Å². The van der Waals surface area contributed by atoms with Gasteiger partial charge in [0.25, 0.3) is 15.9 Å². The molecule has 0 bridgehead atoms. The Morgan fingerprint density at radius 2 is 2.07 bits per heavy atom. The molecule has 3 rings (SSSR count). The van der Waals surface area contributed by atoms with Crippen molar-refractivity contribution < 1.29 is 30.4 Å². The molecule has 2 aromatic heterocycles. The first-order chi connectivity index (χ1) is 12.5. The molecular formula is C16H16F5N3O2S. The molecule has 0 amide bonds. The number of anilines is 1. The number of pyridine rings is 1. The molecule has 2 N–H and O–H groups in total. The molecular weight excluding hydrogens is 393 g/mol. The fraction of sp³-hybridized carbons (Fsp3) is 0.438. The average molecular weight is 409 g/mol. The highest BCUT2D eigenvalue weighted by Gasteiger charge is 2.42. The fourth-order valence-electron chi connectivity index (χ4n) is 3.12. The van der Waals surface area contributed by atoms with Crippen LogP contribution in [0.1, 0.15) is 23.2 Å². The highest BCUT2D eigenvalue weighted by atomic mass is 32.2. The van der Waals surface area contributed by atoms with Crippen molar-refractivity contribution in [3.8, 4) is 0 Å². The second-order valence-corrected chi connectivity index (χ2v) is 8.13. The summed E-state index contributed by atoms with van der Waals surface area (Å²) in [4.78, 5) is 5.61. The van der Waals surface area contributed by atoms with Crippen molar-refractivity contribution in [3.63, 3.8) is 0 Å². The standard InChI is InChI=1S/C16H16F5N3O2S/c1-8-4-11(18)15(23-14(8)19)24-27(25,26)13-6-22-12-5-9(2-3-10(12)13)16(20,21)7-17/h4,6,9,22H,2-3,5,7H2,1H3,(H,23,24). The zero-order chi connectivity index (χ0) is 20.0. The van der Waals surface area contributed by atoms with Gasteiger partial charge in [0.1, 0.15) is 4.90 Å². The van der Waals surface area contributed by atoms with Crippen LogP contribution in [0.25, 0.3) is 0 Å². The van der Waals surface area contributed by atoms with Crippen LogP contribution >= 0.6 is 0 Å². The van der Waals surface area contributed by atoms with Crippen LogP contribution in [0.3, 0.4) is 0 Å². The molecule has 0 aromatic carbocycles. The molecule has 0 aliphatic heterocycles. The number of sulfonamides is 1. The number of nitrogens with one attached hydrogen (secondary N) is 2. The number of fused-ring (bicyclic) bond motifs is 1. The molecule has 1 aliphatic carbocycles. The van der Waals surface area contributed by atoms with Crippen molar-refractivity contribution in [2.24, 2.45) is 5.92 Å². The molecule has 0 spiro atoms. The Labute approximate surface area is 152 Å². The van der Waals surface area contributed by atoms with Crippen LogP contribution in [0.2, 0.25) is 0 Å². The van der Waals surface area contributed by atoms with E-state index in [9.17, 15) is 30.4 Å². The maximum Gasteiger partial charge on any atom is 0.279 e. The molecule has 0 saturated carbocycles. The number of nitrogens with zero attached hydrogens (tertiary/aromatic N) is 1. The van der Waals surface area contributed by atoms with E-state index >= 15 is 0 Å². The van der Waals surface area contributed by atoms with Gasteiger partial charge in [0.05, 0.1) is 0 Å². The Kier molecular flexibility index (Phi) is 4.91. The van der Waals surface area contributed by atoms with E-state index in [-0.39, 0.29) is 41.0 Å². The number of rotatable bonds is 5. The van der Waals surface area contributed by atoms with Gasteiger partial charge < -0.3 is 4.98 Å². The van der Waals surface area contributed by atoms with Crippen LogP contribution in [0.4, 0.5) is 27.8 Å². The number of H-pyrrole nitrogens is 1. The lowest BCUT2D eigenvalue weighted by atomic mass is 9.84. The van der Waals surface area contributed by atoms with E-state index in [1.807, 2.05) is 4.72 Å². The summed E-state index contributed by atoms with van der Waals surface area (Å²) >= 11 is 0. The maximum absolute atomic E-state index is 13.9. The summed E-state index contributed by atoms with van der Waals surface area (Å²) < 4.78 is 94.0. The Bertz CT molecular complexity index is 975. The van der Waals surface area contributed by atoms with Crippen molar-refractivity contribution in [2.45, 2.75) is 37.0 Å². The van der Waals surface area contributed by atoms with E-state index in [0.29, 0.717) is 0 Å². The SMILES string of the molecule is Cc1cc(F)c(NS(=O)(=O)c2c[nH]c3c2CCC(C(F)(F)CF)C3)nc1F. The predicted molar refractivity (Wildman–Crippen MR) is 86.9 cm³/mol. The Hall–Kier alpha value is -2.17. The Morgan fingerprint density at radius 3 is 2.74 bits per heavy atom. The average Bonchev–Trinajstić information content (AvgIpc) is 3.03. The monoisotopic (exact) mass is 409 g/mol. The number of hydrogen-bond donors (Lipinski definition) is 2. The minimum atomic E-state index is -4.33. The maximum atomic E-state index is 13.9. The summed E-state index contributed by atoms with van der Waals surface area (Å²) in [6.07, 6.45) is 0.753. The molecule has 0 fully saturated rings. The highest BCUT2D eigenvalue weighted by molar-refractivity contribution is 7.92. The van der Waals surface area contributed by atoms with Crippen LogP contribution in [0, 0.1) is 24.6 Å². The molecule has 2 aromatic rings. The van der Waals surface area contributed by atoms with Crippen LogP contribution in [0.15, 0.2) is 17.2 Å². The molecule has 1 unspecified atom stereocenters. The predicted octanol–water partition coefficient (Wildman–Crippen LogP) is 3.51. The van der Waals surface area contributed by atoms with Crippen molar-refractivity contribution in [1.29, 1.82) is 0 Å². The van der Waals surface area contributed by atoms with Gasteiger partial charge in [0, 0.05) is 23.4 Å². The Balaban J connectivity index is 1.89. The summed E-state index contributed by atoms with van der Waals surface area (Å²) in [5, 5.41) is 0. The normalized spacial score (nSPS) is 17.6. The van der Waals surface area contributed by atoms with E-state index in [4.69, 9.17) is 0 Å². The van der Waals surface area contributed by atoms with E-state index < -0.39 is 46.1 Å². The van der Waals surface area contributed by atoms with Gasteiger partial charge in [-0.15, -0.1) is 0 Å². The van der Waals surface area contributed by atoms with Gasteiger partial charge in [0.2, 0.25) is 5.95 Å². The second kappa shape index (κ2) is 6.77. The van der Waals surface area contributed by atoms with Crippen molar-refractivity contribution in [3.05, 3.63) is 40.8 Å². The van der Waals surface area contributed by atoms with Gasteiger partial charge in [0.15, 0.2) is 18.3 Å². The fourth-order valence-corrected chi connectivity index (χ4v) is 4.39. The zero-order valence-electron chi connectivity index (χ0n) is 14.1. The minimum Gasteiger partial charge on any atom is -0.363 e. The third-order valence-corrected chi connectivity index (χ3v) is 6.04. The summed E-state index contributed by atoms with van der Waals surface area (Å²) in [5.41, 5.74) is 0.430. The third kappa shape index (κ3) is 3.64. The quantitative estimate of drug-likeness (QED) is 0.586. The van der Waals surface area contributed by atoms with Gasteiger partial charge in [-0.2, -0.15) is 9.37 Å². The third-order valence-electron chi connectivity index (χ3n) is 4.63. The summed E-state index contributed by atoms with van der Waals surface area (Å²) in [5.74, 6) is -7.62. The van der Waals surface area contributed by atoms with Crippen LogP contribution in [0.5, 0.6) is 0 Å². The first-order valence-electron chi connectivity index (χ1n) is 8.03. The van der Waals surface area contributed by atoms with Crippen LogP contribution < -0.4 is 4.72 Å². The van der Waals surface area contributed by atoms with E-state index in [2.05, 4.69) is 9.97 Å². The lowest BCUT2D eigenvalue weighted by Gasteiger charge is -2.28. The molecule has 148 valence electrons. The number of aromatic nitrogens is 2. The smallest absolute Gasteiger partial charge is 0.279 e. The lowest BCUT2D eigenvalue weighted by Crippen LogP contribution is -2.35. The molecule has 2 heterocycles. The van der Waals surface area contributed by atoms with Gasteiger partial charge in [-0.25, -0.2) is 26.0 Å². The minimum absolute atomic E-state index is 0.0203. The molecule has 0 radical (unpaired) electrons. The van der Waals surface area contributed by atoms with Crippen molar-refractivity contribution in [2.75, 3.05) is 11.4 Å². The number of aromatic amines is 1. The summed E-state index contributed by atoms with van der Waals surface area (Å²) in [6.45, 7) is -0.514. The molecule has 1 atom stereocenters. The Morgan fingerprint density at radius 1 is 1.37 bits per heavy atom. The number of aryl methyl sites for hydroxylation is 1. The van der Waals surface area contributed by atoms with E-state index in [0.717, 1.165) is 12.3 Å². The zero-order valence-corrected chi connectivity index (χ0v) is 14.9. The topological polar surface area (TPSA) is 74.8 Å². The first kappa shape index (κ1) is 19.6. The van der Waals surface area contributed by atoms with Gasteiger partial charge >= 0.3 is 0 Å². The van der Waals surface area contributed by atoms with Crippen molar-refractivity contribution >= 4 is 15.8 Å². The molecule has 27 heavy (non-hydrogen) atoms. The summed E-state index contributed by atoms with van der Waals surface area (Å²) in [7, 11) is -4.33. The largest absolute Gasteiger partial charge is 0.363 e. The lowest BCUT2D eigenvalue weighted by molar-refractivity contribution is -0.0804. The van der Waals surface area contributed by atoms with Gasteiger partial charge in [-0.3, -0.25) is 4.72 Å². The second-order valence-electron chi connectivity index (χ2n) is 6.48. The van der Waals surface area contributed by atoms with E-state index in [1.54, 1.807) is 0 Å². The van der Waals surface area contributed by atoms with E-state index in [1.165, 1.54) is 6.92 Å². The van der Waals surface area contributed by atoms with Gasteiger partial charge in [-0.1, -0.05) is 0 Å². The molecule has 5 nitrogen and oxygen atoms in total. The molecule has 11 heteroatoms. The van der Waals surface area contributed by atoms with Gasteiger partial charge in [-0.05, 0) is 37.8 Å². The van der Waals surface area contributed by atoms with Crippen LogP contribution in [-0.4, -0.2) is 31.0 Å². The van der Waals surface area contributed by atoms with Crippen LogP contribution in [-0.2, 0) is 22.9 Å². The first-order valence-corrected chi connectivity index (χ1v) is 9.52. The number of alkyl halides is 3. The highest BCUT2D eigenvalue weighted by Crippen LogP contribution is 2.38. The number of hydrogen-bond acceptors (Lipinski definition) is 3. The summed E-state index contributed by atoms with van der Waals surface area (Å²) in [6, 6.07) is 0.802. The molecule has 1 aliphatic rings. The number of halogens is 5. The molecule has 0 saturated heterocycles.